The summed E-state index contributed by atoms with van der Waals surface area (Å²) in [6.45, 7) is 5.19. The van der Waals surface area contributed by atoms with Crippen LogP contribution >= 0.6 is 0 Å². The lowest BCUT2D eigenvalue weighted by molar-refractivity contribution is 0.255. The van der Waals surface area contributed by atoms with Gasteiger partial charge in [0.05, 0.1) is 19.0 Å². The molecule has 146 valence electrons. The van der Waals surface area contributed by atoms with Gasteiger partial charge in [-0.25, -0.2) is 0 Å². The molecule has 0 amide bonds. The SMILES string of the molecule is CCCCCCCC/C=C\CCCCCCCC1=NCCN1CCO. The van der Waals surface area contributed by atoms with Crippen molar-refractivity contribution in [3.05, 3.63) is 12.2 Å². The maximum atomic E-state index is 9.05. The van der Waals surface area contributed by atoms with E-state index in [4.69, 9.17) is 5.11 Å². The van der Waals surface area contributed by atoms with Crippen molar-refractivity contribution in [2.24, 2.45) is 4.99 Å². The van der Waals surface area contributed by atoms with E-state index in [0.29, 0.717) is 0 Å². The molecule has 0 aromatic heterocycles. The number of hydrogen-bond acceptors (Lipinski definition) is 3. The number of rotatable bonds is 17. The van der Waals surface area contributed by atoms with E-state index in [0.717, 1.165) is 26.1 Å². The second-order valence-corrected chi connectivity index (χ2v) is 7.34. The van der Waals surface area contributed by atoms with Gasteiger partial charge in [-0.15, -0.1) is 0 Å². The van der Waals surface area contributed by atoms with Gasteiger partial charge < -0.3 is 10.0 Å². The molecular weight excluding hydrogens is 308 g/mol. The van der Waals surface area contributed by atoms with Crippen molar-refractivity contribution in [3.8, 4) is 0 Å². The molecule has 0 spiro atoms. The monoisotopic (exact) mass is 350 g/mol. The third-order valence-corrected chi connectivity index (χ3v) is 5.06. The van der Waals surface area contributed by atoms with Crippen molar-refractivity contribution >= 4 is 5.84 Å². The average molecular weight is 351 g/mol. The van der Waals surface area contributed by atoms with E-state index >= 15 is 0 Å². The molecular formula is C22H42N2O. The lowest BCUT2D eigenvalue weighted by Crippen LogP contribution is -2.30. The van der Waals surface area contributed by atoms with Gasteiger partial charge in [-0.1, -0.05) is 70.4 Å². The number of unbranched alkanes of at least 4 members (excludes halogenated alkanes) is 11. The second kappa shape index (κ2) is 16.6. The molecule has 1 N–H and O–H groups in total. The lowest BCUT2D eigenvalue weighted by atomic mass is 10.1. The summed E-state index contributed by atoms with van der Waals surface area (Å²) in [7, 11) is 0. The zero-order valence-electron chi connectivity index (χ0n) is 16.7. The first-order valence-electron chi connectivity index (χ1n) is 10.9. The molecule has 0 atom stereocenters. The number of aliphatic hydroxyl groups excluding tert-OH is 1. The molecule has 0 unspecified atom stereocenters. The predicted molar refractivity (Wildman–Crippen MR) is 110 cm³/mol. The van der Waals surface area contributed by atoms with Crippen LogP contribution in [0.2, 0.25) is 0 Å². The maximum Gasteiger partial charge on any atom is 0.0991 e. The molecule has 0 aromatic rings. The second-order valence-electron chi connectivity index (χ2n) is 7.34. The summed E-state index contributed by atoms with van der Waals surface area (Å²) >= 11 is 0. The van der Waals surface area contributed by atoms with Gasteiger partial charge in [-0.3, -0.25) is 4.99 Å². The van der Waals surface area contributed by atoms with E-state index in [1.165, 1.54) is 89.3 Å². The van der Waals surface area contributed by atoms with Crippen LogP contribution in [-0.2, 0) is 0 Å². The Bertz CT molecular complexity index is 352. The Hall–Kier alpha value is -0.830. The minimum atomic E-state index is 0.241. The molecule has 1 heterocycles. The van der Waals surface area contributed by atoms with Gasteiger partial charge in [0.1, 0.15) is 0 Å². The molecule has 3 heteroatoms. The molecule has 0 saturated heterocycles. The lowest BCUT2D eigenvalue weighted by Gasteiger charge is -2.18. The molecule has 1 aliphatic rings. The Kier molecular flexibility index (Phi) is 14.8. The van der Waals surface area contributed by atoms with Crippen LogP contribution in [0.1, 0.15) is 96.8 Å². The molecule has 0 radical (unpaired) electrons. The summed E-state index contributed by atoms with van der Waals surface area (Å²) in [5.74, 6) is 1.23. The zero-order chi connectivity index (χ0) is 18.0. The summed E-state index contributed by atoms with van der Waals surface area (Å²) in [6.07, 6.45) is 23.4. The number of β-amino-alcohol motifs (C(OH)–C–C–N with tert-alkyl or cyclic N) is 1. The Morgan fingerprint density at radius 3 is 2.12 bits per heavy atom. The highest BCUT2D eigenvalue weighted by Crippen LogP contribution is 2.12. The highest BCUT2D eigenvalue weighted by Gasteiger charge is 2.14. The van der Waals surface area contributed by atoms with E-state index < -0.39 is 0 Å². The summed E-state index contributed by atoms with van der Waals surface area (Å²) in [4.78, 5) is 6.81. The van der Waals surface area contributed by atoms with E-state index in [2.05, 4.69) is 29.0 Å². The summed E-state index contributed by atoms with van der Waals surface area (Å²) in [5.41, 5.74) is 0. The minimum absolute atomic E-state index is 0.241. The Morgan fingerprint density at radius 1 is 0.880 bits per heavy atom. The van der Waals surface area contributed by atoms with Crippen molar-refractivity contribution in [3.63, 3.8) is 0 Å². The number of aliphatic hydroxyl groups is 1. The molecule has 1 aliphatic heterocycles. The number of aliphatic imine (C=N–C) groups is 1. The predicted octanol–water partition coefficient (Wildman–Crippen LogP) is 5.73. The maximum absolute atomic E-state index is 9.05. The molecule has 0 bridgehead atoms. The van der Waals surface area contributed by atoms with Gasteiger partial charge in [-0.05, 0) is 32.1 Å². The van der Waals surface area contributed by atoms with Gasteiger partial charge in [0.15, 0.2) is 0 Å². The zero-order valence-corrected chi connectivity index (χ0v) is 16.7. The fourth-order valence-electron chi connectivity index (χ4n) is 3.48. The Balaban J connectivity index is 1.82. The molecule has 0 fully saturated rings. The van der Waals surface area contributed by atoms with E-state index in [1.807, 2.05) is 0 Å². The van der Waals surface area contributed by atoms with Crippen LogP contribution < -0.4 is 0 Å². The van der Waals surface area contributed by atoms with Crippen LogP contribution in [0.4, 0.5) is 0 Å². The van der Waals surface area contributed by atoms with Crippen molar-refractivity contribution in [2.75, 3.05) is 26.2 Å². The van der Waals surface area contributed by atoms with Gasteiger partial charge in [0.2, 0.25) is 0 Å². The van der Waals surface area contributed by atoms with E-state index in [9.17, 15) is 0 Å². The van der Waals surface area contributed by atoms with Crippen LogP contribution in [-0.4, -0.2) is 42.1 Å². The van der Waals surface area contributed by atoms with Crippen molar-refractivity contribution in [1.29, 1.82) is 0 Å². The molecule has 1 rings (SSSR count). The summed E-state index contributed by atoms with van der Waals surface area (Å²) in [5, 5.41) is 9.05. The fraction of sp³-hybridized carbons (Fsp3) is 0.864. The largest absolute Gasteiger partial charge is 0.395 e. The van der Waals surface area contributed by atoms with E-state index in [1.54, 1.807) is 0 Å². The Labute approximate surface area is 156 Å². The molecule has 0 saturated carbocycles. The Morgan fingerprint density at radius 2 is 1.48 bits per heavy atom. The van der Waals surface area contributed by atoms with Gasteiger partial charge in [-0.2, -0.15) is 0 Å². The normalized spacial score (nSPS) is 14.6. The third-order valence-electron chi connectivity index (χ3n) is 5.06. The highest BCUT2D eigenvalue weighted by atomic mass is 16.3. The average Bonchev–Trinajstić information content (AvgIpc) is 3.06. The first kappa shape index (κ1) is 22.2. The van der Waals surface area contributed by atoms with Crippen molar-refractivity contribution in [1.82, 2.24) is 4.90 Å². The standard InChI is InChI=1S/C22H42N2O/c1-2-3-4-5-6-7-8-9-10-11-12-13-14-15-16-17-22-23-18-19-24(22)20-21-25/h9-10,25H,2-8,11-21H2,1H3/b10-9-. The topological polar surface area (TPSA) is 35.8 Å². The summed E-state index contributed by atoms with van der Waals surface area (Å²) in [6, 6.07) is 0. The van der Waals surface area contributed by atoms with Crippen LogP contribution in [0, 0.1) is 0 Å². The summed E-state index contributed by atoms with van der Waals surface area (Å²) < 4.78 is 0. The molecule has 25 heavy (non-hydrogen) atoms. The minimum Gasteiger partial charge on any atom is -0.395 e. The number of amidine groups is 1. The van der Waals surface area contributed by atoms with E-state index in [-0.39, 0.29) is 6.61 Å². The van der Waals surface area contributed by atoms with Crippen LogP contribution in [0.15, 0.2) is 17.1 Å². The molecule has 0 aliphatic carbocycles. The molecule has 0 aromatic carbocycles. The first-order valence-corrected chi connectivity index (χ1v) is 10.9. The van der Waals surface area contributed by atoms with Gasteiger partial charge in [0.25, 0.3) is 0 Å². The van der Waals surface area contributed by atoms with Gasteiger partial charge >= 0.3 is 0 Å². The first-order chi connectivity index (χ1) is 12.4. The van der Waals surface area contributed by atoms with Crippen LogP contribution in [0.5, 0.6) is 0 Å². The van der Waals surface area contributed by atoms with Gasteiger partial charge in [0, 0.05) is 19.5 Å². The number of nitrogens with zero attached hydrogens (tertiary/aromatic N) is 2. The molecule has 3 nitrogen and oxygen atoms in total. The number of hydrogen-bond donors (Lipinski definition) is 1. The van der Waals surface area contributed by atoms with Crippen LogP contribution in [0.3, 0.4) is 0 Å². The number of allylic oxidation sites excluding steroid dienone is 2. The van der Waals surface area contributed by atoms with Crippen molar-refractivity contribution < 1.29 is 5.11 Å². The van der Waals surface area contributed by atoms with Crippen LogP contribution in [0.25, 0.3) is 0 Å². The third kappa shape index (κ3) is 12.2. The smallest absolute Gasteiger partial charge is 0.0991 e. The quantitative estimate of drug-likeness (QED) is 0.268. The fourth-order valence-corrected chi connectivity index (χ4v) is 3.48. The van der Waals surface area contributed by atoms with Crippen molar-refractivity contribution in [2.45, 2.75) is 96.8 Å². The highest BCUT2D eigenvalue weighted by molar-refractivity contribution is 5.83.